The Kier molecular flexibility index (Phi) is 7.30. The standard InChI is InChI=1S/C11H22N2O5/c1-5-18-11(2,3)7-12-10(16)13-8(6-17-4)9(14)15/h8H,5-7H2,1-4H3,(H,14,15)(H2,12,13,16). The van der Waals surface area contributed by atoms with Gasteiger partial charge in [0.15, 0.2) is 6.04 Å². The van der Waals surface area contributed by atoms with Gasteiger partial charge in [0.25, 0.3) is 0 Å². The van der Waals surface area contributed by atoms with Crippen LogP contribution in [0.25, 0.3) is 0 Å². The second kappa shape index (κ2) is 7.88. The van der Waals surface area contributed by atoms with Crippen LogP contribution in [0.5, 0.6) is 0 Å². The minimum absolute atomic E-state index is 0.0857. The van der Waals surface area contributed by atoms with E-state index in [1.54, 1.807) is 0 Å². The molecule has 106 valence electrons. The van der Waals surface area contributed by atoms with E-state index in [1.807, 2.05) is 20.8 Å². The number of urea groups is 1. The highest BCUT2D eigenvalue weighted by Gasteiger charge is 2.22. The van der Waals surface area contributed by atoms with Crippen LogP contribution >= 0.6 is 0 Å². The molecule has 7 heteroatoms. The summed E-state index contributed by atoms with van der Waals surface area (Å²) in [7, 11) is 1.37. The summed E-state index contributed by atoms with van der Waals surface area (Å²) in [5.41, 5.74) is -0.494. The van der Waals surface area contributed by atoms with Gasteiger partial charge in [-0.1, -0.05) is 0 Å². The van der Waals surface area contributed by atoms with E-state index < -0.39 is 23.6 Å². The molecule has 0 aliphatic carbocycles. The summed E-state index contributed by atoms with van der Waals surface area (Å²) in [6.07, 6.45) is 0. The van der Waals surface area contributed by atoms with Crippen molar-refractivity contribution in [3.63, 3.8) is 0 Å². The number of hydrogen-bond acceptors (Lipinski definition) is 4. The van der Waals surface area contributed by atoms with Gasteiger partial charge < -0.3 is 25.2 Å². The first-order valence-corrected chi connectivity index (χ1v) is 5.72. The third kappa shape index (κ3) is 7.08. The Labute approximate surface area is 107 Å². The number of methoxy groups -OCH3 is 1. The number of aliphatic carboxylic acids is 1. The highest BCUT2D eigenvalue weighted by Crippen LogP contribution is 2.06. The summed E-state index contributed by atoms with van der Waals surface area (Å²) in [6, 6.07) is -1.63. The fourth-order valence-electron chi connectivity index (χ4n) is 1.29. The topological polar surface area (TPSA) is 96.9 Å². The number of hydrogen-bond donors (Lipinski definition) is 3. The number of nitrogens with one attached hydrogen (secondary N) is 2. The number of carbonyl (C=O) groups is 2. The smallest absolute Gasteiger partial charge is 0.328 e. The summed E-state index contributed by atoms with van der Waals surface area (Å²) in [6.45, 7) is 6.27. The monoisotopic (exact) mass is 262 g/mol. The van der Waals surface area contributed by atoms with Crippen molar-refractivity contribution in [3.8, 4) is 0 Å². The molecular weight excluding hydrogens is 240 g/mol. The third-order valence-corrected chi connectivity index (χ3v) is 2.15. The van der Waals surface area contributed by atoms with Gasteiger partial charge in [0.05, 0.1) is 12.2 Å². The molecule has 0 heterocycles. The minimum atomic E-state index is -1.14. The zero-order valence-electron chi connectivity index (χ0n) is 11.3. The zero-order valence-corrected chi connectivity index (χ0v) is 11.3. The lowest BCUT2D eigenvalue weighted by Gasteiger charge is -2.25. The van der Waals surface area contributed by atoms with Gasteiger partial charge in [-0.3, -0.25) is 0 Å². The molecule has 1 atom stereocenters. The van der Waals surface area contributed by atoms with Crippen molar-refractivity contribution in [2.45, 2.75) is 32.4 Å². The molecule has 0 aliphatic heterocycles. The number of rotatable bonds is 8. The Hall–Kier alpha value is -1.34. The van der Waals surface area contributed by atoms with Crippen LogP contribution in [0.4, 0.5) is 4.79 Å². The average Bonchev–Trinajstić information content (AvgIpc) is 2.26. The Morgan fingerprint density at radius 3 is 2.44 bits per heavy atom. The molecule has 0 aromatic rings. The van der Waals surface area contributed by atoms with Crippen LogP contribution in [0.3, 0.4) is 0 Å². The summed E-state index contributed by atoms with van der Waals surface area (Å²) in [5.74, 6) is -1.14. The lowest BCUT2D eigenvalue weighted by atomic mass is 10.1. The zero-order chi connectivity index (χ0) is 14.2. The van der Waals surface area contributed by atoms with Gasteiger partial charge in [0, 0.05) is 20.3 Å². The Morgan fingerprint density at radius 1 is 1.39 bits per heavy atom. The van der Waals surface area contributed by atoms with Crippen molar-refractivity contribution in [1.82, 2.24) is 10.6 Å². The molecule has 0 saturated carbocycles. The molecule has 0 saturated heterocycles. The van der Waals surface area contributed by atoms with E-state index in [2.05, 4.69) is 10.6 Å². The van der Waals surface area contributed by atoms with Gasteiger partial charge >= 0.3 is 12.0 Å². The second-order valence-electron chi connectivity index (χ2n) is 4.37. The molecule has 0 radical (unpaired) electrons. The lowest BCUT2D eigenvalue weighted by molar-refractivity contribution is -0.140. The number of amides is 2. The molecular formula is C11H22N2O5. The van der Waals surface area contributed by atoms with Crippen molar-refractivity contribution in [1.29, 1.82) is 0 Å². The van der Waals surface area contributed by atoms with Gasteiger partial charge in [0.2, 0.25) is 0 Å². The van der Waals surface area contributed by atoms with E-state index >= 15 is 0 Å². The van der Waals surface area contributed by atoms with Gasteiger partial charge in [-0.05, 0) is 20.8 Å². The molecule has 7 nitrogen and oxygen atoms in total. The van der Waals surface area contributed by atoms with Crippen LogP contribution in [0, 0.1) is 0 Å². The third-order valence-electron chi connectivity index (χ3n) is 2.15. The van der Waals surface area contributed by atoms with Crippen molar-refractivity contribution in [3.05, 3.63) is 0 Å². The first-order valence-electron chi connectivity index (χ1n) is 5.72. The molecule has 1 unspecified atom stereocenters. The average molecular weight is 262 g/mol. The summed E-state index contributed by atoms with van der Waals surface area (Å²) < 4.78 is 10.1. The van der Waals surface area contributed by atoms with Gasteiger partial charge in [-0.25, -0.2) is 9.59 Å². The van der Waals surface area contributed by atoms with Gasteiger partial charge in [0.1, 0.15) is 0 Å². The van der Waals surface area contributed by atoms with E-state index in [0.29, 0.717) is 6.61 Å². The molecule has 0 aromatic carbocycles. The Morgan fingerprint density at radius 2 is 2.00 bits per heavy atom. The fourth-order valence-corrected chi connectivity index (χ4v) is 1.29. The van der Waals surface area contributed by atoms with E-state index in [4.69, 9.17) is 14.6 Å². The van der Waals surface area contributed by atoms with Gasteiger partial charge in [-0.2, -0.15) is 0 Å². The summed E-state index contributed by atoms with van der Waals surface area (Å²) in [5, 5.41) is 13.7. The molecule has 3 N–H and O–H groups in total. The van der Waals surface area contributed by atoms with Crippen LogP contribution in [0.1, 0.15) is 20.8 Å². The van der Waals surface area contributed by atoms with Crippen molar-refractivity contribution < 1.29 is 24.2 Å². The number of ether oxygens (including phenoxy) is 2. The predicted octanol–water partition coefficient (Wildman–Crippen LogP) is 0.200. The second-order valence-corrected chi connectivity index (χ2v) is 4.37. The van der Waals surface area contributed by atoms with Crippen molar-refractivity contribution in [2.75, 3.05) is 26.9 Å². The van der Waals surface area contributed by atoms with Crippen LogP contribution in [0.2, 0.25) is 0 Å². The predicted molar refractivity (Wildman–Crippen MR) is 65.5 cm³/mol. The Bertz CT molecular complexity index is 281. The lowest BCUT2D eigenvalue weighted by Crippen LogP contribution is -2.51. The summed E-state index contributed by atoms with van der Waals surface area (Å²) in [4.78, 5) is 22.3. The SMILES string of the molecule is CCOC(C)(C)CNC(=O)NC(COC)C(=O)O. The molecule has 0 rings (SSSR count). The molecule has 2 amide bonds. The highest BCUT2D eigenvalue weighted by atomic mass is 16.5. The molecule has 0 aromatic heterocycles. The van der Waals surface area contributed by atoms with E-state index in [-0.39, 0.29) is 13.2 Å². The quantitative estimate of drug-likeness (QED) is 0.580. The maximum atomic E-state index is 11.5. The maximum Gasteiger partial charge on any atom is 0.328 e. The fraction of sp³-hybridized carbons (Fsp3) is 0.818. The van der Waals surface area contributed by atoms with Crippen molar-refractivity contribution in [2.24, 2.45) is 0 Å². The first-order chi connectivity index (χ1) is 8.32. The number of carboxylic acid groups (broad SMARTS) is 1. The normalized spacial score (nSPS) is 12.9. The molecule has 18 heavy (non-hydrogen) atoms. The minimum Gasteiger partial charge on any atom is -0.480 e. The van der Waals surface area contributed by atoms with E-state index in [1.165, 1.54) is 7.11 Å². The van der Waals surface area contributed by atoms with Crippen LogP contribution in [0.15, 0.2) is 0 Å². The number of carbonyl (C=O) groups excluding carboxylic acids is 1. The van der Waals surface area contributed by atoms with E-state index in [9.17, 15) is 9.59 Å². The molecule has 0 aliphatic rings. The molecule has 0 bridgehead atoms. The highest BCUT2D eigenvalue weighted by molar-refractivity contribution is 5.82. The molecule has 0 fully saturated rings. The van der Waals surface area contributed by atoms with Crippen LogP contribution in [-0.4, -0.2) is 55.6 Å². The molecule has 0 spiro atoms. The largest absolute Gasteiger partial charge is 0.480 e. The van der Waals surface area contributed by atoms with Crippen LogP contribution < -0.4 is 10.6 Å². The first kappa shape index (κ1) is 16.7. The number of carboxylic acids is 1. The summed E-state index contributed by atoms with van der Waals surface area (Å²) >= 11 is 0. The van der Waals surface area contributed by atoms with Gasteiger partial charge in [-0.15, -0.1) is 0 Å². The van der Waals surface area contributed by atoms with Crippen LogP contribution in [-0.2, 0) is 14.3 Å². The van der Waals surface area contributed by atoms with E-state index in [0.717, 1.165) is 0 Å². The maximum absolute atomic E-state index is 11.5. The van der Waals surface area contributed by atoms with Crippen molar-refractivity contribution >= 4 is 12.0 Å². The Balaban J connectivity index is 4.13.